The van der Waals surface area contributed by atoms with E-state index in [4.69, 9.17) is 14.3 Å². The number of benzene rings is 2. The number of hydrogen-bond donors (Lipinski definition) is 0. The predicted molar refractivity (Wildman–Crippen MR) is 96.0 cm³/mol. The zero-order valence-corrected chi connectivity index (χ0v) is 14.6. The topological polar surface area (TPSA) is 60.4 Å². The van der Waals surface area contributed by atoms with E-state index in [1.54, 1.807) is 44.4 Å². The van der Waals surface area contributed by atoms with Gasteiger partial charge in [0.05, 0.1) is 20.4 Å². The van der Waals surface area contributed by atoms with Crippen LogP contribution in [0.2, 0.25) is 0 Å². The Kier molecular flexibility index (Phi) is 6.83. The Labute approximate surface area is 147 Å². The van der Waals surface area contributed by atoms with Crippen LogP contribution in [0.3, 0.4) is 0 Å². The van der Waals surface area contributed by atoms with Crippen LogP contribution in [-0.4, -0.2) is 44.9 Å². The number of likely N-dealkylation sites (N-methyl/N-ethyl adjacent to an activating group) is 1. The molecule has 0 aliphatic rings. The Balaban J connectivity index is 1.87. The molecule has 6 heteroatoms. The number of rotatable bonds is 8. The lowest BCUT2D eigenvalue weighted by molar-refractivity contribution is -0.135. The maximum atomic E-state index is 12.1. The molecule has 2 aromatic carbocycles. The third kappa shape index (κ3) is 5.53. The van der Waals surface area contributed by atoms with Crippen LogP contribution in [-0.2, 0) is 16.2 Å². The first-order chi connectivity index (χ1) is 12.1. The second kappa shape index (κ2) is 9.32. The minimum atomic E-state index is -0.154. The molecule has 0 aliphatic carbocycles. The molecule has 0 atom stereocenters. The highest BCUT2D eigenvalue weighted by Gasteiger charge is 2.09. The fourth-order valence-corrected chi connectivity index (χ4v) is 2.18. The summed E-state index contributed by atoms with van der Waals surface area (Å²) < 4.78 is 10.4. The maximum Gasteiger partial charge on any atom is 0.263 e. The summed E-state index contributed by atoms with van der Waals surface area (Å²) in [5.74, 6) is 1.17. The van der Waals surface area contributed by atoms with Gasteiger partial charge in [0.2, 0.25) is 0 Å². The molecule has 0 radical (unpaired) electrons. The number of nitrogens with zero attached hydrogens (tertiary/aromatic N) is 2. The van der Waals surface area contributed by atoms with Crippen molar-refractivity contribution in [1.29, 1.82) is 0 Å². The summed E-state index contributed by atoms with van der Waals surface area (Å²) >= 11 is 0. The summed E-state index contributed by atoms with van der Waals surface area (Å²) in [5.41, 5.74) is 1.76. The summed E-state index contributed by atoms with van der Waals surface area (Å²) in [5, 5.41) is 3.85. The van der Waals surface area contributed by atoms with Crippen molar-refractivity contribution >= 4 is 12.1 Å². The predicted octanol–water partition coefficient (Wildman–Crippen LogP) is 2.71. The van der Waals surface area contributed by atoms with Crippen molar-refractivity contribution in [1.82, 2.24) is 4.90 Å². The zero-order chi connectivity index (χ0) is 18.1. The third-order valence-electron chi connectivity index (χ3n) is 3.58. The minimum absolute atomic E-state index is 0.133. The molecule has 1 amide bonds. The lowest BCUT2D eigenvalue weighted by atomic mass is 10.2. The average molecular weight is 342 g/mol. The Bertz CT molecular complexity index is 717. The van der Waals surface area contributed by atoms with Gasteiger partial charge in [0.15, 0.2) is 6.61 Å². The average Bonchev–Trinajstić information content (AvgIpc) is 2.65. The van der Waals surface area contributed by atoms with Gasteiger partial charge in [-0.15, -0.1) is 0 Å². The number of carbonyl (C=O) groups is 1. The molecule has 0 bridgehead atoms. The molecule has 0 fully saturated rings. The minimum Gasteiger partial charge on any atom is -0.497 e. The van der Waals surface area contributed by atoms with Crippen LogP contribution < -0.4 is 9.47 Å². The summed E-state index contributed by atoms with van der Waals surface area (Å²) in [6.07, 6.45) is 1.49. The monoisotopic (exact) mass is 342 g/mol. The summed E-state index contributed by atoms with van der Waals surface area (Å²) in [4.78, 5) is 18.8. The number of ether oxygens (including phenoxy) is 2. The van der Waals surface area contributed by atoms with E-state index in [0.29, 0.717) is 23.6 Å². The Morgan fingerprint density at radius 2 is 1.88 bits per heavy atom. The molecule has 2 aromatic rings. The van der Waals surface area contributed by atoms with Gasteiger partial charge >= 0.3 is 0 Å². The van der Waals surface area contributed by atoms with E-state index >= 15 is 0 Å². The molecule has 0 saturated heterocycles. The van der Waals surface area contributed by atoms with E-state index in [1.165, 1.54) is 6.21 Å². The molecule has 0 aromatic heterocycles. The molecule has 0 saturated carbocycles. The van der Waals surface area contributed by atoms with E-state index < -0.39 is 0 Å². The number of hydrogen-bond acceptors (Lipinski definition) is 5. The smallest absolute Gasteiger partial charge is 0.263 e. The lowest BCUT2D eigenvalue weighted by Gasteiger charge is -2.16. The van der Waals surface area contributed by atoms with Gasteiger partial charge < -0.3 is 19.2 Å². The molecule has 25 heavy (non-hydrogen) atoms. The summed E-state index contributed by atoms with van der Waals surface area (Å²) in [7, 11) is 4.88. The van der Waals surface area contributed by atoms with Crippen molar-refractivity contribution in [2.24, 2.45) is 5.16 Å². The second-order valence-electron chi connectivity index (χ2n) is 5.35. The molecule has 132 valence electrons. The Hall–Kier alpha value is -3.02. The van der Waals surface area contributed by atoms with Crippen molar-refractivity contribution in [3.05, 3.63) is 59.7 Å². The van der Waals surface area contributed by atoms with Gasteiger partial charge in [-0.05, 0) is 23.8 Å². The normalized spacial score (nSPS) is 10.5. The van der Waals surface area contributed by atoms with E-state index in [-0.39, 0.29) is 12.5 Å². The van der Waals surface area contributed by atoms with Gasteiger partial charge in [-0.25, -0.2) is 0 Å². The third-order valence-corrected chi connectivity index (χ3v) is 3.58. The standard InChI is InChI=1S/C19H22N2O4/c1-21(13-15-7-5-4-6-8-15)19(22)14-25-20-12-16-11-17(23-2)9-10-18(16)24-3/h4-12H,13-14H2,1-3H3/b20-12-. The SMILES string of the molecule is COc1ccc(OC)c(/C=N\OCC(=O)N(C)Cc2ccccc2)c1. The number of methoxy groups -OCH3 is 2. The fraction of sp³-hybridized carbons (Fsp3) is 0.263. The van der Waals surface area contributed by atoms with Crippen molar-refractivity contribution < 1.29 is 19.1 Å². The number of oxime groups is 1. The van der Waals surface area contributed by atoms with Crippen LogP contribution >= 0.6 is 0 Å². The zero-order valence-electron chi connectivity index (χ0n) is 14.6. The first kappa shape index (κ1) is 18.3. The van der Waals surface area contributed by atoms with E-state index in [9.17, 15) is 4.79 Å². The van der Waals surface area contributed by atoms with Crippen molar-refractivity contribution in [3.63, 3.8) is 0 Å². The van der Waals surface area contributed by atoms with Gasteiger partial charge in [-0.1, -0.05) is 35.5 Å². The van der Waals surface area contributed by atoms with Gasteiger partial charge in [0, 0.05) is 19.2 Å². The van der Waals surface area contributed by atoms with Crippen molar-refractivity contribution in [2.75, 3.05) is 27.9 Å². The molecule has 0 spiro atoms. The van der Waals surface area contributed by atoms with Gasteiger partial charge in [0.1, 0.15) is 11.5 Å². The van der Waals surface area contributed by atoms with Crippen LogP contribution in [0.15, 0.2) is 53.7 Å². The van der Waals surface area contributed by atoms with E-state index in [1.807, 2.05) is 30.3 Å². The molecular weight excluding hydrogens is 320 g/mol. The van der Waals surface area contributed by atoms with Crippen molar-refractivity contribution in [3.8, 4) is 11.5 Å². The first-order valence-corrected chi connectivity index (χ1v) is 7.79. The quantitative estimate of drug-likeness (QED) is 0.547. The number of carbonyl (C=O) groups excluding carboxylic acids is 1. The fourth-order valence-electron chi connectivity index (χ4n) is 2.18. The molecule has 2 rings (SSSR count). The Morgan fingerprint density at radius 1 is 1.12 bits per heavy atom. The highest BCUT2D eigenvalue weighted by molar-refractivity contribution is 5.84. The van der Waals surface area contributed by atoms with Crippen LogP contribution in [0.1, 0.15) is 11.1 Å². The summed E-state index contributed by atoms with van der Waals surface area (Å²) in [6.45, 7) is 0.391. The van der Waals surface area contributed by atoms with E-state index in [2.05, 4.69) is 5.16 Å². The van der Waals surface area contributed by atoms with Gasteiger partial charge in [0.25, 0.3) is 5.91 Å². The molecule has 6 nitrogen and oxygen atoms in total. The largest absolute Gasteiger partial charge is 0.497 e. The summed E-state index contributed by atoms with van der Waals surface area (Å²) in [6, 6.07) is 15.1. The van der Waals surface area contributed by atoms with Gasteiger partial charge in [-0.3, -0.25) is 4.79 Å². The highest BCUT2D eigenvalue weighted by atomic mass is 16.6. The molecular formula is C19H22N2O4. The molecule has 0 aliphatic heterocycles. The van der Waals surface area contributed by atoms with E-state index in [0.717, 1.165) is 5.56 Å². The highest BCUT2D eigenvalue weighted by Crippen LogP contribution is 2.22. The molecule has 0 unspecified atom stereocenters. The first-order valence-electron chi connectivity index (χ1n) is 7.79. The van der Waals surface area contributed by atoms with Gasteiger partial charge in [-0.2, -0.15) is 0 Å². The van der Waals surface area contributed by atoms with Crippen LogP contribution in [0.5, 0.6) is 11.5 Å². The molecule has 0 heterocycles. The molecule has 0 N–H and O–H groups in total. The maximum absolute atomic E-state index is 12.1. The lowest BCUT2D eigenvalue weighted by Crippen LogP contribution is -2.29. The number of amides is 1. The van der Waals surface area contributed by atoms with Crippen LogP contribution in [0, 0.1) is 0 Å². The van der Waals surface area contributed by atoms with Crippen LogP contribution in [0.4, 0.5) is 0 Å². The Morgan fingerprint density at radius 3 is 2.56 bits per heavy atom. The van der Waals surface area contributed by atoms with Crippen molar-refractivity contribution in [2.45, 2.75) is 6.54 Å². The van der Waals surface area contributed by atoms with Crippen LogP contribution in [0.25, 0.3) is 0 Å². The second-order valence-corrected chi connectivity index (χ2v) is 5.35.